The van der Waals surface area contributed by atoms with E-state index in [4.69, 9.17) is 0 Å². The molecule has 1 aromatic carbocycles. The first-order chi connectivity index (χ1) is 8.59. The number of nitrogens with zero attached hydrogens (tertiary/aromatic N) is 1. The summed E-state index contributed by atoms with van der Waals surface area (Å²) in [5, 5.41) is 3.22. The highest BCUT2D eigenvalue weighted by Crippen LogP contribution is 2.21. The number of carbonyl (C=O) groups excluding carboxylic acids is 1. The van der Waals surface area contributed by atoms with E-state index in [1.165, 1.54) is 0 Å². The van der Waals surface area contributed by atoms with Gasteiger partial charge in [0.1, 0.15) is 0 Å². The van der Waals surface area contributed by atoms with Gasteiger partial charge in [-0.15, -0.1) is 0 Å². The minimum absolute atomic E-state index is 0.110. The first-order valence-corrected chi connectivity index (χ1v) is 7.08. The Morgan fingerprint density at radius 3 is 2.72 bits per heavy atom. The summed E-state index contributed by atoms with van der Waals surface area (Å²) >= 11 is 3.52. The van der Waals surface area contributed by atoms with Crippen molar-refractivity contribution in [2.75, 3.05) is 20.1 Å². The van der Waals surface area contributed by atoms with Gasteiger partial charge < -0.3 is 10.2 Å². The number of carbonyl (C=O) groups is 1. The van der Waals surface area contributed by atoms with Gasteiger partial charge in [0, 0.05) is 24.0 Å². The standard InChI is InChI=1S/C14H19BrN2O/c1-10(12-7-16-8-12)14(18)17(2)9-11-5-3-4-6-13(11)15/h3-6,10,12,16H,7-9H2,1-2H3. The first kappa shape index (κ1) is 13.6. The van der Waals surface area contributed by atoms with E-state index in [0.29, 0.717) is 12.5 Å². The van der Waals surface area contributed by atoms with Crippen LogP contribution in [0.2, 0.25) is 0 Å². The smallest absolute Gasteiger partial charge is 0.225 e. The summed E-state index contributed by atoms with van der Waals surface area (Å²) in [6.07, 6.45) is 0. The van der Waals surface area contributed by atoms with E-state index in [9.17, 15) is 4.79 Å². The second kappa shape index (κ2) is 5.85. The van der Waals surface area contributed by atoms with E-state index in [2.05, 4.69) is 21.2 Å². The molecule has 1 N–H and O–H groups in total. The van der Waals surface area contributed by atoms with Crippen molar-refractivity contribution in [3.05, 3.63) is 34.3 Å². The van der Waals surface area contributed by atoms with Crippen LogP contribution in [0.3, 0.4) is 0 Å². The van der Waals surface area contributed by atoms with Gasteiger partial charge in [0.15, 0.2) is 0 Å². The normalized spacial score (nSPS) is 17.1. The molecule has 1 unspecified atom stereocenters. The van der Waals surface area contributed by atoms with Gasteiger partial charge >= 0.3 is 0 Å². The van der Waals surface area contributed by atoms with Crippen molar-refractivity contribution in [3.63, 3.8) is 0 Å². The van der Waals surface area contributed by atoms with Gasteiger partial charge in [-0.2, -0.15) is 0 Å². The van der Waals surface area contributed by atoms with Crippen LogP contribution in [0.4, 0.5) is 0 Å². The molecule has 0 spiro atoms. The van der Waals surface area contributed by atoms with Crippen molar-refractivity contribution in [1.29, 1.82) is 0 Å². The second-order valence-corrected chi connectivity index (χ2v) is 5.85. The van der Waals surface area contributed by atoms with Crippen LogP contribution in [0.5, 0.6) is 0 Å². The fraction of sp³-hybridized carbons (Fsp3) is 0.500. The molecule has 1 amide bonds. The Bertz CT molecular complexity index is 432. The van der Waals surface area contributed by atoms with Crippen molar-refractivity contribution in [2.45, 2.75) is 13.5 Å². The molecule has 4 heteroatoms. The number of rotatable bonds is 4. The third kappa shape index (κ3) is 2.93. The molecule has 1 heterocycles. The Morgan fingerprint density at radius 2 is 2.17 bits per heavy atom. The zero-order valence-corrected chi connectivity index (χ0v) is 12.4. The van der Waals surface area contributed by atoms with E-state index in [0.717, 1.165) is 23.1 Å². The van der Waals surface area contributed by atoms with Crippen LogP contribution >= 0.6 is 15.9 Å². The van der Waals surface area contributed by atoms with Crippen LogP contribution in [0.1, 0.15) is 12.5 Å². The van der Waals surface area contributed by atoms with Gasteiger partial charge in [-0.25, -0.2) is 0 Å². The highest BCUT2D eigenvalue weighted by atomic mass is 79.9. The molecule has 0 aromatic heterocycles. The molecule has 18 heavy (non-hydrogen) atoms. The van der Waals surface area contributed by atoms with E-state index < -0.39 is 0 Å². The zero-order chi connectivity index (χ0) is 13.1. The van der Waals surface area contributed by atoms with Crippen molar-refractivity contribution in [3.8, 4) is 0 Å². The number of amides is 1. The average molecular weight is 311 g/mol. The lowest BCUT2D eigenvalue weighted by Gasteiger charge is -2.34. The molecular formula is C14H19BrN2O. The van der Waals surface area contributed by atoms with Crippen LogP contribution in [0, 0.1) is 11.8 Å². The topological polar surface area (TPSA) is 32.3 Å². The second-order valence-electron chi connectivity index (χ2n) is 4.99. The minimum Gasteiger partial charge on any atom is -0.341 e. The number of benzene rings is 1. The summed E-state index contributed by atoms with van der Waals surface area (Å²) in [5.41, 5.74) is 1.15. The van der Waals surface area contributed by atoms with E-state index in [-0.39, 0.29) is 11.8 Å². The molecule has 0 saturated carbocycles. The molecule has 1 saturated heterocycles. The Hall–Kier alpha value is -0.870. The third-order valence-electron chi connectivity index (χ3n) is 3.65. The Balaban J connectivity index is 1.96. The summed E-state index contributed by atoms with van der Waals surface area (Å²) in [6.45, 7) is 4.63. The molecule has 3 nitrogen and oxygen atoms in total. The van der Waals surface area contributed by atoms with Gasteiger partial charge in [0.05, 0.1) is 0 Å². The predicted octanol–water partition coefficient (Wildman–Crippen LogP) is 2.26. The van der Waals surface area contributed by atoms with Crippen molar-refractivity contribution < 1.29 is 4.79 Å². The van der Waals surface area contributed by atoms with Gasteiger partial charge in [-0.3, -0.25) is 4.79 Å². The molecule has 0 aliphatic carbocycles. The van der Waals surface area contributed by atoms with Gasteiger partial charge in [0.25, 0.3) is 0 Å². The third-order valence-corrected chi connectivity index (χ3v) is 4.42. The Labute approximate surface area is 117 Å². The maximum Gasteiger partial charge on any atom is 0.225 e. The van der Waals surface area contributed by atoms with E-state index in [1.54, 1.807) is 0 Å². The lowest BCUT2D eigenvalue weighted by Crippen LogP contribution is -2.49. The molecule has 1 aromatic rings. The maximum atomic E-state index is 12.3. The highest BCUT2D eigenvalue weighted by Gasteiger charge is 2.30. The monoisotopic (exact) mass is 310 g/mol. The lowest BCUT2D eigenvalue weighted by atomic mass is 9.88. The van der Waals surface area contributed by atoms with Crippen LogP contribution in [0.25, 0.3) is 0 Å². The molecule has 1 atom stereocenters. The number of hydrogen-bond donors (Lipinski definition) is 1. The first-order valence-electron chi connectivity index (χ1n) is 6.28. The Kier molecular flexibility index (Phi) is 4.40. The molecule has 2 rings (SSSR count). The quantitative estimate of drug-likeness (QED) is 0.925. The summed E-state index contributed by atoms with van der Waals surface area (Å²) < 4.78 is 1.06. The van der Waals surface area contributed by atoms with Crippen LogP contribution < -0.4 is 5.32 Å². The van der Waals surface area contributed by atoms with Crippen molar-refractivity contribution >= 4 is 21.8 Å². The van der Waals surface area contributed by atoms with Crippen LogP contribution in [-0.2, 0) is 11.3 Å². The van der Waals surface area contributed by atoms with Crippen molar-refractivity contribution in [2.24, 2.45) is 11.8 Å². The molecule has 1 aliphatic rings. The molecular weight excluding hydrogens is 292 g/mol. The molecule has 0 bridgehead atoms. The molecule has 0 radical (unpaired) electrons. The fourth-order valence-corrected chi connectivity index (χ4v) is 2.58. The molecule has 1 aliphatic heterocycles. The average Bonchev–Trinajstić information content (AvgIpc) is 2.28. The summed E-state index contributed by atoms with van der Waals surface area (Å²) in [5.74, 6) is 0.843. The van der Waals surface area contributed by atoms with Crippen LogP contribution in [0.15, 0.2) is 28.7 Å². The molecule has 1 fully saturated rings. The summed E-state index contributed by atoms with van der Waals surface area (Å²) in [4.78, 5) is 14.1. The minimum atomic E-state index is 0.110. The van der Waals surface area contributed by atoms with Gasteiger partial charge in [-0.1, -0.05) is 41.1 Å². The Morgan fingerprint density at radius 1 is 1.50 bits per heavy atom. The van der Waals surface area contributed by atoms with Crippen molar-refractivity contribution in [1.82, 2.24) is 10.2 Å². The maximum absolute atomic E-state index is 12.3. The highest BCUT2D eigenvalue weighted by molar-refractivity contribution is 9.10. The SMILES string of the molecule is CC(C(=O)N(C)Cc1ccccc1Br)C1CNC1. The number of nitrogens with one attached hydrogen (secondary N) is 1. The number of halogens is 1. The van der Waals surface area contributed by atoms with Gasteiger partial charge in [0.2, 0.25) is 5.91 Å². The number of hydrogen-bond acceptors (Lipinski definition) is 2. The molecule has 98 valence electrons. The lowest BCUT2D eigenvalue weighted by molar-refractivity contribution is -0.136. The van der Waals surface area contributed by atoms with Crippen LogP contribution in [-0.4, -0.2) is 30.9 Å². The fourth-order valence-electron chi connectivity index (χ4n) is 2.17. The summed E-state index contributed by atoms with van der Waals surface area (Å²) in [7, 11) is 1.88. The largest absolute Gasteiger partial charge is 0.341 e. The zero-order valence-electron chi connectivity index (χ0n) is 10.8. The predicted molar refractivity (Wildman–Crippen MR) is 76.1 cm³/mol. The summed E-state index contributed by atoms with van der Waals surface area (Å²) in [6, 6.07) is 8.03. The van der Waals surface area contributed by atoms with E-state index >= 15 is 0 Å². The van der Waals surface area contributed by atoms with Gasteiger partial charge in [-0.05, 0) is 30.6 Å². The van der Waals surface area contributed by atoms with E-state index in [1.807, 2.05) is 43.1 Å².